The van der Waals surface area contributed by atoms with Crippen LogP contribution in [0.4, 0.5) is 5.00 Å². The van der Waals surface area contributed by atoms with E-state index in [0.29, 0.717) is 29.2 Å². The Morgan fingerprint density at radius 1 is 1.12 bits per heavy atom. The van der Waals surface area contributed by atoms with Crippen molar-refractivity contribution in [1.29, 1.82) is 0 Å². The molecule has 1 fully saturated rings. The van der Waals surface area contributed by atoms with Gasteiger partial charge in [-0.05, 0) is 51.3 Å². The van der Waals surface area contributed by atoms with Crippen molar-refractivity contribution in [2.75, 3.05) is 31.6 Å². The number of thiophene rings is 1. The number of aryl methyl sites for hydroxylation is 1. The lowest BCUT2D eigenvalue weighted by Gasteiger charge is -2.20. The molecule has 32 heavy (non-hydrogen) atoms. The molecule has 0 atom stereocenters. The van der Waals surface area contributed by atoms with Crippen molar-refractivity contribution in [2.45, 2.75) is 51.3 Å². The molecule has 1 aliphatic heterocycles. The van der Waals surface area contributed by atoms with Crippen LogP contribution in [0.5, 0.6) is 0 Å². The highest BCUT2D eigenvalue weighted by Crippen LogP contribution is 2.33. The van der Waals surface area contributed by atoms with E-state index in [9.17, 15) is 18.0 Å². The Morgan fingerprint density at radius 3 is 2.47 bits per heavy atom. The molecule has 0 saturated carbocycles. The van der Waals surface area contributed by atoms with Crippen molar-refractivity contribution in [3.8, 4) is 0 Å². The lowest BCUT2D eigenvalue weighted by atomic mass is 10.1. The van der Waals surface area contributed by atoms with E-state index in [1.54, 1.807) is 19.1 Å². The van der Waals surface area contributed by atoms with Crippen molar-refractivity contribution >= 4 is 38.1 Å². The van der Waals surface area contributed by atoms with Crippen LogP contribution in [0.15, 0.2) is 29.2 Å². The number of esters is 1. The summed E-state index contributed by atoms with van der Waals surface area (Å²) in [4.78, 5) is 26.3. The van der Waals surface area contributed by atoms with Gasteiger partial charge in [0, 0.05) is 23.5 Å². The van der Waals surface area contributed by atoms with Crippen molar-refractivity contribution in [2.24, 2.45) is 0 Å². The largest absolute Gasteiger partial charge is 0.462 e. The number of carbonyl (C=O) groups is 2. The second-order valence-electron chi connectivity index (χ2n) is 7.83. The van der Waals surface area contributed by atoms with E-state index < -0.39 is 16.0 Å². The number of rotatable bonds is 8. The average molecular weight is 479 g/mol. The molecule has 1 aliphatic rings. The number of benzene rings is 1. The van der Waals surface area contributed by atoms with E-state index in [4.69, 9.17) is 4.74 Å². The topological polar surface area (TPSA) is 92.8 Å². The van der Waals surface area contributed by atoms with Gasteiger partial charge >= 0.3 is 5.97 Å². The van der Waals surface area contributed by atoms with E-state index in [2.05, 4.69) is 5.32 Å². The second kappa shape index (κ2) is 10.6. The van der Waals surface area contributed by atoms with Gasteiger partial charge in [-0.2, -0.15) is 4.31 Å². The molecule has 2 aromatic rings. The minimum absolute atomic E-state index is 0.0565. The standard InChI is InChI=1S/C23H30N2O5S2/c1-4-30-23(27)21-16(2)17(3)31-22(21)24-15-20(26)18-10-9-11-19(14-18)32(28,29)25-12-7-5-6-8-13-25/h9-11,14,24H,4-8,12-13,15H2,1-3H3. The Balaban J connectivity index is 1.76. The lowest BCUT2D eigenvalue weighted by Crippen LogP contribution is -2.32. The Labute approximate surface area is 193 Å². The normalized spacial score (nSPS) is 15.2. The number of anilines is 1. The maximum atomic E-state index is 13.1. The molecule has 1 saturated heterocycles. The molecule has 0 aliphatic carbocycles. The minimum Gasteiger partial charge on any atom is -0.462 e. The van der Waals surface area contributed by atoms with Gasteiger partial charge in [0.05, 0.1) is 23.6 Å². The summed E-state index contributed by atoms with van der Waals surface area (Å²) in [6.45, 7) is 6.74. The van der Waals surface area contributed by atoms with Crippen molar-refractivity contribution < 1.29 is 22.7 Å². The van der Waals surface area contributed by atoms with Gasteiger partial charge in [0.1, 0.15) is 5.00 Å². The highest BCUT2D eigenvalue weighted by Gasteiger charge is 2.26. The number of sulfonamides is 1. The molecule has 0 amide bonds. The van der Waals surface area contributed by atoms with Crippen LogP contribution in [0, 0.1) is 13.8 Å². The summed E-state index contributed by atoms with van der Waals surface area (Å²) in [6, 6.07) is 6.20. The Morgan fingerprint density at radius 2 is 1.81 bits per heavy atom. The van der Waals surface area contributed by atoms with Gasteiger partial charge in [-0.3, -0.25) is 4.79 Å². The van der Waals surface area contributed by atoms with Crippen LogP contribution in [0.3, 0.4) is 0 Å². The number of ketones is 1. The molecule has 7 nitrogen and oxygen atoms in total. The van der Waals surface area contributed by atoms with Crippen molar-refractivity contribution in [3.63, 3.8) is 0 Å². The van der Waals surface area contributed by atoms with Crippen LogP contribution in [0.1, 0.15) is 63.8 Å². The zero-order valence-electron chi connectivity index (χ0n) is 18.8. The molecule has 0 bridgehead atoms. The van der Waals surface area contributed by atoms with Gasteiger partial charge < -0.3 is 10.1 Å². The fraction of sp³-hybridized carbons (Fsp3) is 0.478. The van der Waals surface area contributed by atoms with Gasteiger partial charge in [0.25, 0.3) is 0 Å². The fourth-order valence-electron chi connectivity index (χ4n) is 3.72. The van der Waals surface area contributed by atoms with E-state index in [0.717, 1.165) is 36.1 Å². The first-order chi connectivity index (χ1) is 15.3. The molecule has 0 unspecified atom stereocenters. The second-order valence-corrected chi connectivity index (χ2v) is 11.0. The van der Waals surface area contributed by atoms with Crippen LogP contribution >= 0.6 is 11.3 Å². The Bertz CT molecular complexity index is 1080. The molecule has 1 aromatic heterocycles. The number of nitrogens with zero attached hydrogens (tertiary/aromatic N) is 1. The highest BCUT2D eigenvalue weighted by molar-refractivity contribution is 7.89. The van der Waals surface area contributed by atoms with Gasteiger partial charge in [-0.25, -0.2) is 13.2 Å². The summed E-state index contributed by atoms with van der Waals surface area (Å²) in [5.41, 5.74) is 1.59. The summed E-state index contributed by atoms with van der Waals surface area (Å²) in [7, 11) is -3.63. The third-order valence-corrected chi connectivity index (χ3v) is 8.69. The third-order valence-electron chi connectivity index (χ3n) is 5.63. The first-order valence-electron chi connectivity index (χ1n) is 10.9. The fourth-order valence-corrected chi connectivity index (χ4v) is 6.33. The maximum absolute atomic E-state index is 13.1. The summed E-state index contributed by atoms with van der Waals surface area (Å²) >= 11 is 1.39. The van der Waals surface area contributed by atoms with E-state index >= 15 is 0 Å². The number of nitrogens with one attached hydrogen (secondary N) is 1. The number of ether oxygens (including phenoxy) is 1. The maximum Gasteiger partial charge on any atom is 0.341 e. The lowest BCUT2D eigenvalue weighted by molar-refractivity contribution is 0.0527. The van der Waals surface area contributed by atoms with E-state index in [1.807, 2.05) is 13.8 Å². The van der Waals surface area contributed by atoms with Gasteiger partial charge in [0.2, 0.25) is 10.0 Å². The number of Topliss-reactive ketones (excluding diaryl/α,β-unsaturated/α-hetero) is 1. The van der Waals surface area contributed by atoms with Crippen LogP contribution in [0.2, 0.25) is 0 Å². The summed E-state index contributed by atoms with van der Waals surface area (Å²) in [6.07, 6.45) is 3.77. The summed E-state index contributed by atoms with van der Waals surface area (Å²) in [5.74, 6) is -0.675. The average Bonchev–Trinajstić information content (AvgIpc) is 2.95. The monoisotopic (exact) mass is 478 g/mol. The third kappa shape index (κ3) is 5.39. The number of carbonyl (C=O) groups excluding carboxylic acids is 2. The molecular weight excluding hydrogens is 448 g/mol. The molecule has 3 rings (SSSR count). The molecule has 174 valence electrons. The molecule has 9 heteroatoms. The van der Waals surface area contributed by atoms with Crippen LogP contribution in [-0.4, -0.2) is 50.7 Å². The van der Waals surface area contributed by atoms with Gasteiger partial charge in [-0.15, -0.1) is 11.3 Å². The zero-order valence-corrected chi connectivity index (χ0v) is 20.4. The number of hydrogen-bond donors (Lipinski definition) is 1. The van der Waals surface area contributed by atoms with Crippen molar-refractivity contribution in [1.82, 2.24) is 4.31 Å². The molecular formula is C23H30N2O5S2. The highest BCUT2D eigenvalue weighted by atomic mass is 32.2. The predicted octanol–water partition coefficient (Wildman–Crippen LogP) is 4.40. The molecule has 0 radical (unpaired) electrons. The predicted molar refractivity (Wildman–Crippen MR) is 126 cm³/mol. The minimum atomic E-state index is -3.63. The zero-order chi connectivity index (χ0) is 23.3. The van der Waals surface area contributed by atoms with Crippen molar-refractivity contribution in [3.05, 3.63) is 45.8 Å². The summed E-state index contributed by atoms with van der Waals surface area (Å²) in [5, 5.41) is 3.63. The van der Waals surface area contributed by atoms with Gasteiger partial charge in [-0.1, -0.05) is 25.0 Å². The summed E-state index contributed by atoms with van der Waals surface area (Å²) < 4.78 is 32.8. The first kappa shape index (κ1) is 24.4. The van der Waals surface area contributed by atoms with Gasteiger partial charge in [0.15, 0.2) is 5.78 Å². The Hall–Kier alpha value is -2.23. The van der Waals surface area contributed by atoms with Crippen LogP contribution in [0.25, 0.3) is 0 Å². The van der Waals surface area contributed by atoms with E-state index in [-0.39, 0.29) is 23.8 Å². The van der Waals surface area contributed by atoms with E-state index in [1.165, 1.54) is 27.8 Å². The van der Waals surface area contributed by atoms with Crippen LogP contribution in [-0.2, 0) is 14.8 Å². The molecule has 1 N–H and O–H groups in total. The quantitative estimate of drug-likeness (QED) is 0.447. The number of hydrogen-bond acceptors (Lipinski definition) is 7. The molecule has 1 aromatic carbocycles. The first-order valence-corrected chi connectivity index (χ1v) is 13.2. The smallest absolute Gasteiger partial charge is 0.341 e. The Kier molecular flexibility index (Phi) is 8.08. The molecule has 2 heterocycles. The molecule has 0 spiro atoms. The SMILES string of the molecule is CCOC(=O)c1c(NCC(=O)c2cccc(S(=O)(=O)N3CCCCCC3)c2)sc(C)c1C. The van der Waals surface area contributed by atoms with Crippen LogP contribution < -0.4 is 5.32 Å².